The largest absolute Gasteiger partial charge is 0.421 e. The second kappa shape index (κ2) is 9.10. The van der Waals surface area contributed by atoms with Crippen LogP contribution in [0, 0.1) is 12.7 Å². The number of aromatic nitrogens is 2. The lowest BCUT2D eigenvalue weighted by Crippen LogP contribution is -2.30. The smallest absolute Gasteiger partial charge is 0.247 e. The van der Waals surface area contributed by atoms with Gasteiger partial charge in [0.05, 0.1) is 0 Å². The summed E-state index contributed by atoms with van der Waals surface area (Å²) in [6.45, 7) is 4.59. The SMILES string of the molecule is CCN(Cc1cc(Br)ccc1F)C(=O)CCc1nnc(-c2ccc(C)cc2)o1. The van der Waals surface area contributed by atoms with Gasteiger partial charge >= 0.3 is 0 Å². The molecule has 0 atom stereocenters. The Hall–Kier alpha value is -2.54. The van der Waals surface area contributed by atoms with Crippen LogP contribution in [0.4, 0.5) is 4.39 Å². The lowest BCUT2D eigenvalue weighted by Gasteiger charge is -2.21. The van der Waals surface area contributed by atoms with E-state index >= 15 is 0 Å². The van der Waals surface area contributed by atoms with Crippen LogP contribution in [-0.2, 0) is 17.8 Å². The first-order valence-corrected chi connectivity index (χ1v) is 9.86. The molecule has 1 heterocycles. The molecule has 0 saturated heterocycles. The van der Waals surface area contributed by atoms with E-state index in [0.717, 1.165) is 15.6 Å². The van der Waals surface area contributed by atoms with Crippen molar-refractivity contribution in [1.82, 2.24) is 15.1 Å². The summed E-state index contributed by atoms with van der Waals surface area (Å²) in [6.07, 6.45) is 0.564. The molecule has 0 spiro atoms. The zero-order chi connectivity index (χ0) is 20.1. The predicted molar refractivity (Wildman–Crippen MR) is 108 cm³/mol. The highest BCUT2D eigenvalue weighted by atomic mass is 79.9. The van der Waals surface area contributed by atoms with Gasteiger partial charge in [0.25, 0.3) is 0 Å². The van der Waals surface area contributed by atoms with Crippen molar-refractivity contribution in [2.45, 2.75) is 33.2 Å². The highest BCUT2D eigenvalue weighted by Gasteiger charge is 2.16. The molecular formula is C21H21BrFN3O2. The van der Waals surface area contributed by atoms with E-state index in [0.29, 0.717) is 30.3 Å². The second-order valence-electron chi connectivity index (χ2n) is 6.51. The van der Waals surface area contributed by atoms with Crippen LogP contribution in [0.15, 0.2) is 51.4 Å². The summed E-state index contributed by atoms with van der Waals surface area (Å²) in [4.78, 5) is 14.2. The summed E-state index contributed by atoms with van der Waals surface area (Å²) in [5.41, 5.74) is 2.47. The molecule has 0 aliphatic rings. The van der Waals surface area contributed by atoms with Gasteiger partial charge in [-0.05, 0) is 44.2 Å². The van der Waals surface area contributed by atoms with Gasteiger partial charge in [-0.2, -0.15) is 0 Å². The maximum absolute atomic E-state index is 14.0. The Balaban J connectivity index is 1.61. The number of hydrogen-bond acceptors (Lipinski definition) is 4. The molecule has 0 radical (unpaired) electrons. The summed E-state index contributed by atoms with van der Waals surface area (Å²) >= 11 is 3.33. The fourth-order valence-electron chi connectivity index (χ4n) is 2.79. The minimum atomic E-state index is -0.325. The molecule has 0 aliphatic heterocycles. The quantitative estimate of drug-likeness (QED) is 0.517. The Morgan fingerprint density at radius 1 is 1.18 bits per heavy atom. The number of rotatable bonds is 7. The predicted octanol–water partition coefficient (Wildman–Crippen LogP) is 4.93. The fourth-order valence-corrected chi connectivity index (χ4v) is 3.19. The molecule has 146 valence electrons. The summed E-state index contributed by atoms with van der Waals surface area (Å²) < 4.78 is 20.4. The fraction of sp³-hybridized carbons (Fsp3) is 0.286. The van der Waals surface area contributed by atoms with E-state index in [1.54, 1.807) is 17.0 Å². The van der Waals surface area contributed by atoms with Gasteiger partial charge in [0.15, 0.2) is 0 Å². The number of benzene rings is 2. The van der Waals surface area contributed by atoms with Crippen molar-refractivity contribution in [2.75, 3.05) is 6.54 Å². The average Bonchev–Trinajstić information content (AvgIpc) is 3.16. The van der Waals surface area contributed by atoms with Crippen molar-refractivity contribution >= 4 is 21.8 Å². The Morgan fingerprint density at radius 2 is 1.93 bits per heavy atom. The number of aryl methyl sites for hydroxylation is 2. The van der Waals surface area contributed by atoms with Crippen molar-refractivity contribution < 1.29 is 13.6 Å². The van der Waals surface area contributed by atoms with Gasteiger partial charge in [-0.15, -0.1) is 10.2 Å². The zero-order valence-corrected chi connectivity index (χ0v) is 17.4. The summed E-state index contributed by atoms with van der Waals surface area (Å²) in [7, 11) is 0. The lowest BCUT2D eigenvalue weighted by atomic mass is 10.1. The molecule has 0 N–H and O–H groups in total. The van der Waals surface area contributed by atoms with Gasteiger partial charge in [0.1, 0.15) is 5.82 Å². The molecule has 1 amide bonds. The van der Waals surface area contributed by atoms with Crippen LogP contribution in [0.2, 0.25) is 0 Å². The van der Waals surface area contributed by atoms with E-state index in [-0.39, 0.29) is 24.7 Å². The molecule has 28 heavy (non-hydrogen) atoms. The molecule has 0 unspecified atom stereocenters. The van der Waals surface area contributed by atoms with Crippen LogP contribution in [0.25, 0.3) is 11.5 Å². The van der Waals surface area contributed by atoms with E-state index in [4.69, 9.17) is 4.42 Å². The van der Waals surface area contributed by atoms with E-state index in [2.05, 4.69) is 26.1 Å². The number of carbonyl (C=O) groups excluding carboxylic acids is 1. The Bertz CT molecular complexity index is 957. The second-order valence-corrected chi connectivity index (χ2v) is 7.43. The minimum Gasteiger partial charge on any atom is -0.421 e. The zero-order valence-electron chi connectivity index (χ0n) is 15.8. The number of halogens is 2. The first-order valence-electron chi connectivity index (χ1n) is 9.07. The van der Waals surface area contributed by atoms with E-state index in [1.807, 2.05) is 38.1 Å². The van der Waals surface area contributed by atoms with Gasteiger partial charge in [0, 0.05) is 41.5 Å². The lowest BCUT2D eigenvalue weighted by molar-refractivity contribution is -0.131. The topological polar surface area (TPSA) is 59.2 Å². The van der Waals surface area contributed by atoms with E-state index in [9.17, 15) is 9.18 Å². The number of carbonyl (C=O) groups is 1. The molecule has 1 aromatic heterocycles. The molecule has 5 nitrogen and oxygen atoms in total. The maximum atomic E-state index is 14.0. The normalized spacial score (nSPS) is 10.9. The molecule has 3 aromatic rings. The Morgan fingerprint density at radius 3 is 2.64 bits per heavy atom. The molecule has 0 saturated carbocycles. The maximum Gasteiger partial charge on any atom is 0.247 e. The van der Waals surface area contributed by atoms with Crippen LogP contribution < -0.4 is 0 Å². The minimum absolute atomic E-state index is 0.0861. The molecule has 3 rings (SSSR count). The standard InChI is InChI=1S/C21H21BrFN3O2/c1-3-26(13-16-12-17(22)8-9-18(16)23)20(27)11-10-19-24-25-21(28-19)15-6-4-14(2)5-7-15/h4-9,12H,3,10-11,13H2,1-2H3. The molecular weight excluding hydrogens is 425 g/mol. The third-order valence-electron chi connectivity index (χ3n) is 4.42. The van der Waals surface area contributed by atoms with Gasteiger partial charge in [0.2, 0.25) is 17.7 Å². The van der Waals surface area contributed by atoms with Crippen molar-refractivity contribution in [3.05, 3.63) is 69.8 Å². The van der Waals surface area contributed by atoms with Crippen LogP contribution in [-0.4, -0.2) is 27.5 Å². The van der Waals surface area contributed by atoms with Crippen LogP contribution in [0.3, 0.4) is 0 Å². The molecule has 0 bridgehead atoms. The summed E-state index contributed by atoms with van der Waals surface area (Å²) in [5.74, 6) is 0.436. The number of amides is 1. The van der Waals surface area contributed by atoms with Crippen LogP contribution >= 0.6 is 15.9 Å². The monoisotopic (exact) mass is 445 g/mol. The van der Waals surface area contributed by atoms with E-state index in [1.165, 1.54) is 6.07 Å². The third-order valence-corrected chi connectivity index (χ3v) is 4.91. The van der Waals surface area contributed by atoms with Crippen molar-refractivity contribution in [3.63, 3.8) is 0 Å². The number of nitrogens with zero attached hydrogens (tertiary/aromatic N) is 3. The van der Waals surface area contributed by atoms with Crippen LogP contribution in [0.1, 0.15) is 30.4 Å². The Kier molecular flexibility index (Phi) is 6.57. The van der Waals surface area contributed by atoms with Gasteiger partial charge in [-0.25, -0.2) is 4.39 Å². The highest BCUT2D eigenvalue weighted by Crippen LogP contribution is 2.20. The van der Waals surface area contributed by atoms with E-state index < -0.39 is 0 Å². The molecule has 7 heteroatoms. The third kappa shape index (κ3) is 5.04. The molecule has 0 aliphatic carbocycles. The van der Waals surface area contributed by atoms with Crippen molar-refractivity contribution in [3.8, 4) is 11.5 Å². The summed E-state index contributed by atoms with van der Waals surface area (Å²) in [5, 5.41) is 8.08. The van der Waals surface area contributed by atoms with Crippen molar-refractivity contribution in [2.24, 2.45) is 0 Å². The molecule has 2 aromatic carbocycles. The first-order chi connectivity index (χ1) is 13.5. The average molecular weight is 446 g/mol. The highest BCUT2D eigenvalue weighted by molar-refractivity contribution is 9.10. The number of hydrogen-bond donors (Lipinski definition) is 0. The van der Waals surface area contributed by atoms with Crippen molar-refractivity contribution in [1.29, 1.82) is 0 Å². The van der Waals surface area contributed by atoms with Crippen LogP contribution in [0.5, 0.6) is 0 Å². The van der Waals surface area contributed by atoms with Gasteiger partial charge < -0.3 is 9.32 Å². The Labute approximate surface area is 171 Å². The molecule has 0 fully saturated rings. The van der Waals surface area contributed by atoms with Gasteiger partial charge in [-0.3, -0.25) is 4.79 Å². The van der Waals surface area contributed by atoms with Gasteiger partial charge in [-0.1, -0.05) is 33.6 Å². The summed E-state index contributed by atoms with van der Waals surface area (Å²) in [6, 6.07) is 12.5. The first kappa shape index (κ1) is 20.2.